The van der Waals surface area contributed by atoms with Crippen molar-refractivity contribution in [2.45, 2.75) is 59.2 Å². The third-order valence-corrected chi connectivity index (χ3v) is 3.06. The summed E-state index contributed by atoms with van der Waals surface area (Å²) in [6.07, 6.45) is 0.988. The third-order valence-electron chi connectivity index (χ3n) is 3.06. The van der Waals surface area contributed by atoms with E-state index in [4.69, 9.17) is 9.47 Å². The Balaban J connectivity index is 2.63. The molecule has 7 heteroatoms. The fraction of sp³-hybridized carbons (Fsp3) is 0.706. The van der Waals surface area contributed by atoms with E-state index in [0.717, 1.165) is 4.90 Å². The van der Waals surface area contributed by atoms with Crippen molar-refractivity contribution in [3.05, 3.63) is 11.6 Å². The third kappa shape index (κ3) is 6.22. The number of ether oxygens (including phenoxy) is 2. The molecule has 0 radical (unpaired) electrons. The van der Waals surface area contributed by atoms with E-state index >= 15 is 0 Å². The summed E-state index contributed by atoms with van der Waals surface area (Å²) < 4.78 is 10.5. The van der Waals surface area contributed by atoms with E-state index in [2.05, 4.69) is 0 Å². The van der Waals surface area contributed by atoms with E-state index < -0.39 is 23.4 Å². The maximum Gasteiger partial charge on any atom is 0.417 e. The highest BCUT2D eigenvalue weighted by atomic mass is 16.6. The Labute approximate surface area is 143 Å². The van der Waals surface area contributed by atoms with Crippen LogP contribution in [-0.2, 0) is 14.3 Å². The largest absolute Gasteiger partial charge is 0.444 e. The molecule has 0 aliphatic carbocycles. The first kappa shape index (κ1) is 20.0. The number of carbonyl (C=O) groups is 3. The molecule has 1 fully saturated rings. The van der Waals surface area contributed by atoms with E-state index in [1.165, 1.54) is 4.90 Å². The summed E-state index contributed by atoms with van der Waals surface area (Å²) in [5.41, 5.74) is -0.730. The molecule has 0 atom stereocenters. The zero-order chi connectivity index (χ0) is 18.7. The van der Waals surface area contributed by atoms with Crippen LogP contribution in [0.2, 0.25) is 0 Å². The van der Waals surface area contributed by atoms with Crippen LogP contribution in [-0.4, -0.2) is 59.2 Å². The van der Waals surface area contributed by atoms with Gasteiger partial charge in [0.1, 0.15) is 11.2 Å². The minimum Gasteiger partial charge on any atom is -0.444 e. The Morgan fingerprint density at radius 1 is 1.12 bits per heavy atom. The molecule has 0 aromatic rings. The molecule has 0 unspecified atom stereocenters. The average Bonchev–Trinajstić information content (AvgIpc) is 2.73. The minimum absolute atomic E-state index is 0.234. The first-order valence-electron chi connectivity index (χ1n) is 7.98. The zero-order valence-corrected chi connectivity index (χ0v) is 15.6. The number of likely N-dealkylation sites (N-methyl/N-ethyl adjacent to an activating group) is 1. The number of likely N-dealkylation sites (tertiary alicyclic amines) is 1. The molecule has 1 heterocycles. The predicted octanol–water partition coefficient (Wildman–Crippen LogP) is 2.95. The predicted molar refractivity (Wildman–Crippen MR) is 89.5 cm³/mol. The summed E-state index contributed by atoms with van der Waals surface area (Å²) in [5.74, 6) is -0.373. The monoisotopic (exact) mass is 340 g/mol. The quantitative estimate of drug-likeness (QED) is 0.722. The standard InChI is InChI=1S/C17H28N2O5/c1-16(2,3)23-14(21)18(7)10-8-12-9-11-19(13(12)20)15(22)24-17(4,5)6/h8H,9-11H2,1-7H3/b12-8-. The van der Waals surface area contributed by atoms with Gasteiger partial charge in [0.2, 0.25) is 0 Å². The Kier molecular flexibility index (Phi) is 6.03. The van der Waals surface area contributed by atoms with E-state index in [1.807, 2.05) is 0 Å². The van der Waals surface area contributed by atoms with Gasteiger partial charge in [0.05, 0.1) is 0 Å². The lowest BCUT2D eigenvalue weighted by Gasteiger charge is -2.24. The second-order valence-electron chi connectivity index (χ2n) is 7.78. The molecule has 7 nitrogen and oxygen atoms in total. The van der Waals surface area contributed by atoms with E-state index in [-0.39, 0.29) is 19.0 Å². The lowest BCUT2D eigenvalue weighted by Crippen LogP contribution is -2.37. The highest BCUT2D eigenvalue weighted by molar-refractivity contribution is 6.04. The summed E-state index contributed by atoms with van der Waals surface area (Å²) in [6.45, 7) is 11.1. The van der Waals surface area contributed by atoms with Gasteiger partial charge in [-0.25, -0.2) is 14.5 Å². The SMILES string of the molecule is CN(C/C=C1/CCN(C(=O)OC(C)(C)C)C1=O)C(=O)OC(C)(C)C. The van der Waals surface area contributed by atoms with Crippen molar-refractivity contribution >= 4 is 18.1 Å². The zero-order valence-electron chi connectivity index (χ0n) is 15.6. The van der Waals surface area contributed by atoms with Crippen LogP contribution < -0.4 is 0 Å². The van der Waals surface area contributed by atoms with Crippen LogP contribution in [0.15, 0.2) is 11.6 Å². The molecule has 24 heavy (non-hydrogen) atoms. The van der Waals surface area contributed by atoms with Gasteiger partial charge in [0, 0.05) is 25.7 Å². The fourth-order valence-corrected chi connectivity index (χ4v) is 1.96. The van der Waals surface area contributed by atoms with Crippen molar-refractivity contribution in [1.29, 1.82) is 0 Å². The molecule has 1 aliphatic heterocycles. The maximum atomic E-state index is 12.3. The van der Waals surface area contributed by atoms with Crippen molar-refractivity contribution < 1.29 is 23.9 Å². The van der Waals surface area contributed by atoms with Crippen LogP contribution in [0.3, 0.4) is 0 Å². The first-order valence-corrected chi connectivity index (χ1v) is 7.98. The highest BCUT2D eigenvalue weighted by Gasteiger charge is 2.34. The molecule has 3 amide bonds. The second-order valence-corrected chi connectivity index (χ2v) is 7.78. The summed E-state index contributed by atoms with van der Waals surface area (Å²) in [5, 5.41) is 0. The lowest BCUT2D eigenvalue weighted by molar-refractivity contribution is -0.124. The van der Waals surface area contributed by atoms with Crippen molar-refractivity contribution in [1.82, 2.24) is 9.80 Å². The van der Waals surface area contributed by atoms with Gasteiger partial charge < -0.3 is 14.4 Å². The Morgan fingerprint density at radius 3 is 2.17 bits per heavy atom. The number of nitrogens with zero attached hydrogens (tertiary/aromatic N) is 2. The number of imide groups is 1. The van der Waals surface area contributed by atoms with Gasteiger partial charge in [-0.1, -0.05) is 6.08 Å². The molecule has 0 saturated carbocycles. The topological polar surface area (TPSA) is 76.2 Å². The molecule has 136 valence electrons. The van der Waals surface area contributed by atoms with Crippen LogP contribution >= 0.6 is 0 Å². The smallest absolute Gasteiger partial charge is 0.417 e. The highest BCUT2D eigenvalue weighted by Crippen LogP contribution is 2.20. The van der Waals surface area contributed by atoms with Gasteiger partial charge in [-0.05, 0) is 48.0 Å². The second kappa shape index (κ2) is 7.23. The molecule has 0 N–H and O–H groups in total. The normalized spacial score (nSPS) is 17.2. The fourth-order valence-electron chi connectivity index (χ4n) is 1.96. The molecule has 0 aromatic heterocycles. The molecule has 0 aromatic carbocycles. The number of rotatable bonds is 2. The maximum absolute atomic E-state index is 12.3. The molecule has 1 aliphatic rings. The van der Waals surface area contributed by atoms with Crippen molar-refractivity contribution in [2.24, 2.45) is 0 Å². The van der Waals surface area contributed by atoms with Gasteiger partial charge in [-0.2, -0.15) is 0 Å². The van der Waals surface area contributed by atoms with E-state index in [0.29, 0.717) is 12.0 Å². The molecular formula is C17H28N2O5. The summed E-state index contributed by atoms with van der Waals surface area (Å²) in [4.78, 5) is 38.6. The number of carbonyl (C=O) groups excluding carboxylic acids is 3. The van der Waals surface area contributed by atoms with Crippen LogP contribution in [0, 0.1) is 0 Å². The van der Waals surface area contributed by atoms with Gasteiger partial charge in [0.25, 0.3) is 5.91 Å². The van der Waals surface area contributed by atoms with Gasteiger partial charge in [0.15, 0.2) is 0 Å². The summed E-state index contributed by atoms with van der Waals surface area (Å²) >= 11 is 0. The minimum atomic E-state index is -0.652. The average molecular weight is 340 g/mol. The molecular weight excluding hydrogens is 312 g/mol. The van der Waals surface area contributed by atoms with E-state index in [9.17, 15) is 14.4 Å². The van der Waals surface area contributed by atoms with Crippen LogP contribution in [0.25, 0.3) is 0 Å². The van der Waals surface area contributed by atoms with Crippen molar-refractivity contribution in [3.63, 3.8) is 0 Å². The summed E-state index contributed by atoms with van der Waals surface area (Å²) in [7, 11) is 1.59. The Hall–Kier alpha value is -2.05. The number of hydrogen-bond donors (Lipinski definition) is 0. The molecule has 0 spiro atoms. The van der Waals surface area contributed by atoms with E-state index in [1.54, 1.807) is 54.7 Å². The summed E-state index contributed by atoms with van der Waals surface area (Å²) in [6, 6.07) is 0. The lowest BCUT2D eigenvalue weighted by atomic mass is 10.2. The van der Waals surface area contributed by atoms with Crippen LogP contribution in [0.1, 0.15) is 48.0 Å². The molecule has 0 bridgehead atoms. The van der Waals surface area contributed by atoms with Crippen molar-refractivity contribution in [2.75, 3.05) is 20.1 Å². The Bertz CT molecular complexity index is 540. The van der Waals surface area contributed by atoms with Crippen LogP contribution in [0.5, 0.6) is 0 Å². The van der Waals surface area contributed by atoms with Gasteiger partial charge in [-0.15, -0.1) is 0 Å². The van der Waals surface area contributed by atoms with Gasteiger partial charge >= 0.3 is 12.2 Å². The molecule has 1 saturated heterocycles. The van der Waals surface area contributed by atoms with Crippen LogP contribution in [0.4, 0.5) is 9.59 Å². The van der Waals surface area contributed by atoms with Crippen molar-refractivity contribution in [3.8, 4) is 0 Å². The molecule has 1 rings (SSSR count). The first-order chi connectivity index (χ1) is 10.8. The Morgan fingerprint density at radius 2 is 1.67 bits per heavy atom. The number of amides is 3. The number of hydrogen-bond acceptors (Lipinski definition) is 5. The van der Waals surface area contributed by atoms with Gasteiger partial charge in [-0.3, -0.25) is 4.79 Å².